The van der Waals surface area contributed by atoms with Gasteiger partial charge in [-0.3, -0.25) is 19.5 Å². The first kappa shape index (κ1) is 19.0. The van der Waals surface area contributed by atoms with Crippen molar-refractivity contribution in [1.82, 2.24) is 4.57 Å². The van der Waals surface area contributed by atoms with Gasteiger partial charge in [-0.1, -0.05) is 11.6 Å². The highest BCUT2D eigenvalue weighted by Crippen LogP contribution is 2.31. The summed E-state index contributed by atoms with van der Waals surface area (Å²) in [5.74, 6) is -0.579. The number of azo groups is 1. The SMILES string of the molecule is Cc1c(C#N)c(O)n(CCO)c(=O)c1N=Nc1ccc(Cl)c([N+](=O)[O-])c1. The molecular weight excluding hydrogens is 366 g/mol. The summed E-state index contributed by atoms with van der Waals surface area (Å²) in [6, 6.07) is 5.48. The Bertz CT molecular complexity index is 1010. The first-order valence-corrected chi connectivity index (χ1v) is 7.52. The van der Waals surface area contributed by atoms with Crippen LogP contribution in [0.5, 0.6) is 5.88 Å². The summed E-state index contributed by atoms with van der Waals surface area (Å²) in [6.45, 7) is 0.720. The molecule has 2 rings (SSSR count). The molecule has 0 aliphatic rings. The summed E-state index contributed by atoms with van der Waals surface area (Å²) < 4.78 is 0.796. The monoisotopic (exact) mass is 377 g/mol. The van der Waals surface area contributed by atoms with Gasteiger partial charge in [0.1, 0.15) is 16.7 Å². The predicted octanol–water partition coefficient (Wildman–Crippen LogP) is 2.70. The second kappa shape index (κ2) is 7.73. The lowest BCUT2D eigenvalue weighted by atomic mass is 10.1. The van der Waals surface area contributed by atoms with Gasteiger partial charge in [-0.15, -0.1) is 5.11 Å². The first-order valence-electron chi connectivity index (χ1n) is 7.14. The van der Waals surface area contributed by atoms with E-state index in [2.05, 4.69) is 10.2 Å². The minimum absolute atomic E-state index is 0.0696. The number of halogens is 1. The lowest BCUT2D eigenvalue weighted by molar-refractivity contribution is -0.384. The van der Waals surface area contributed by atoms with E-state index < -0.39 is 23.0 Å². The maximum atomic E-state index is 12.4. The Hall–Kier alpha value is -3.29. The molecule has 0 atom stereocenters. The van der Waals surface area contributed by atoms with Gasteiger partial charge >= 0.3 is 0 Å². The number of pyridine rings is 1. The molecule has 0 unspecified atom stereocenters. The van der Waals surface area contributed by atoms with Gasteiger partial charge in [0.2, 0.25) is 5.88 Å². The lowest BCUT2D eigenvalue weighted by Gasteiger charge is -2.11. The molecule has 0 saturated carbocycles. The number of aromatic hydroxyl groups is 1. The molecule has 26 heavy (non-hydrogen) atoms. The Morgan fingerprint density at radius 1 is 1.42 bits per heavy atom. The predicted molar refractivity (Wildman–Crippen MR) is 91.2 cm³/mol. The van der Waals surface area contributed by atoms with Crippen molar-refractivity contribution < 1.29 is 15.1 Å². The smallest absolute Gasteiger partial charge is 0.290 e. The van der Waals surface area contributed by atoms with Crippen molar-refractivity contribution in [3.05, 3.63) is 54.8 Å². The molecule has 0 amide bonds. The molecular formula is C15H12ClN5O5. The van der Waals surface area contributed by atoms with E-state index in [1.165, 1.54) is 19.1 Å². The Morgan fingerprint density at radius 3 is 2.69 bits per heavy atom. The van der Waals surface area contributed by atoms with Crippen LogP contribution in [0, 0.1) is 28.4 Å². The summed E-state index contributed by atoms with van der Waals surface area (Å²) >= 11 is 5.72. The maximum Gasteiger partial charge on any atom is 0.290 e. The van der Waals surface area contributed by atoms with Crippen LogP contribution in [-0.2, 0) is 6.54 Å². The quantitative estimate of drug-likeness (QED) is 0.463. The van der Waals surface area contributed by atoms with Crippen LogP contribution in [0.4, 0.5) is 17.1 Å². The fourth-order valence-corrected chi connectivity index (χ4v) is 2.36. The zero-order valence-corrected chi connectivity index (χ0v) is 14.1. The highest BCUT2D eigenvalue weighted by atomic mass is 35.5. The average Bonchev–Trinajstić information content (AvgIpc) is 2.60. The maximum absolute atomic E-state index is 12.4. The van der Waals surface area contributed by atoms with Gasteiger partial charge < -0.3 is 10.2 Å². The summed E-state index contributed by atoms with van der Waals surface area (Å²) in [5, 5.41) is 46.6. The van der Waals surface area contributed by atoms with E-state index in [1.54, 1.807) is 6.07 Å². The topological polar surface area (TPSA) is 154 Å². The van der Waals surface area contributed by atoms with Gasteiger partial charge in [0.05, 0.1) is 23.8 Å². The number of nitro benzene ring substituents is 1. The molecule has 10 nitrogen and oxygen atoms in total. The molecule has 11 heteroatoms. The molecule has 134 valence electrons. The van der Waals surface area contributed by atoms with Crippen LogP contribution in [0.3, 0.4) is 0 Å². The van der Waals surface area contributed by atoms with E-state index in [4.69, 9.17) is 16.7 Å². The van der Waals surface area contributed by atoms with Crippen molar-refractivity contribution in [2.45, 2.75) is 13.5 Å². The van der Waals surface area contributed by atoms with E-state index in [0.29, 0.717) is 0 Å². The number of hydrogen-bond acceptors (Lipinski definition) is 8. The third-order valence-electron chi connectivity index (χ3n) is 3.48. The second-order valence-electron chi connectivity index (χ2n) is 5.06. The van der Waals surface area contributed by atoms with E-state index in [1.807, 2.05) is 0 Å². The summed E-state index contributed by atoms with van der Waals surface area (Å²) in [6.07, 6.45) is 0. The van der Waals surface area contributed by atoms with Crippen LogP contribution in [0.25, 0.3) is 0 Å². The fourth-order valence-electron chi connectivity index (χ4n) is 2.18. The number of benzene rings is 1. The number of aromatic nitrogens is 1. The van der Waals surface area contributed by atoms with E-state index >= 15 is 0 Å². The molecule has 0 saturated heterocycles. The average molecular weight is 378 g/mol. The van der Waals surface area contributed by atoms with E-state index in [0.717, 1.165) is 10.6 Å². The molecule has 0 aliphatic carbocycles. The Kier molecular flexibility index (Phi) is 5.66. The highest BCUT2D eigenvalue weighted by Gasteiger charge is 2.19. The van der Waals surface area contributed by atoms with Crippen molar-refractivity contribution in [3.8, 4) is 11.9 Å². The molecule has 2 N–H and O–H groups in total. The molecule has 0 spiro atoms. The Balaban J connectivity index is 2.60. The molecule has 0 bridgehead atoms. The number of nitro groups is 1. The largest absolute Gasteiger partial charge is 0.493 e. The third-order valence-corrected chi connectivity index (χ3v) is 3.80. The summed E-state index contributed by atoms with van der Waals surface area (Å²) in [5.41, 5.74) is -1.39. The molecule has 1 aromatic carbocycles. The van der Waals surface area contributed by atoms with Gasteiger partial charge in [0, 0.05) is 11.6 Å². The van der Waals surface area contributed by atoms with Crippen LogP contribution in [0.15, 0.2) is 33.2 Å². The van der Waals surface area contributed by atoms with E-state index in [-0.39, 0.29) is 39.8 Å². The van der Waals surface area contributed by atoms with Crippen LogP contribution in [-0.4, -0.2) is 26.3 Å². The highest BCUT2D eigenvalue weighted by molar-refractivity contribution is 6.32. The van der Waals surface area contributed by atoms with Crippen molar-refractivity contribution in [2.24, 2.45) is 10.2 Å². The van der Waals surface area contributed by atoms with Crippen LogP contribution in [0.2, 0.25) is 5.02 Å². The number of aliphatic hydroxyl groups is 1. The van der Waals surface area contributed by atoms with Gasteiger partial charge in [-0.05, 0) is 19.1 Å². The van der Waals surface area contributed by atoms with Gasteiger partial charge in [0.25, 0.3) is 11.2 Å². The van der Waals surface area contributed by atoms with Crippen molar-refractivity contribution >= 4 is 28.7 Å². The Morgan fingerprint density at radius 2 is 2.12 bits per heavy atom. The number of rotatable bonds is 5. The normalized spacial score (nSPS) is 10.8. The van der Waals surface area contributed by atoms with Crippen molar-refractivity contribution in [3.63, 3.8) is 0 Å². The molecule has 1 heterocycles. The standard InChI is InChI=1S/C15H12ClN5O5/c1-8-10(7-17)14(23)20(4-5-22)15(24)13(8)19-18-9-2-3-11(16)12(6-9)21(25)26/h2-3,6,22-23H,4-5H2,1H3. The minimum Gasteiger partial charge on any atom is -0.493 e. The van der Waals surface area contributed by atoms with Gasteiger partial charge in [-0.25, -0.2) is 0 Å². The molecule has 0 fully saturated rings. The minimum atomic E-state index is -0.764. The Labute approximate surface area is 151 Å². The van der Waals surface area contributed by atoms with Gasteiger partial charge in [0.15, 0.2) is 5.69 Å². The zero-order chi connectivity index (χ0) is 19.4. The summed E-state index contributed by atoms with van der Waals surface area (Å²) in [4.78, 5) is 22.6. The molecule has 0 radical (unpaired) electrons. The van der Waals surface area contributed by atoms with E-state index in [9.17, 15) is 25.3 Å². The number of aliphatic hydroxyl groups excluding tert-OH is 1. The van der Waals surface area contributed by atoms with Crippen molar-refractivity contribution in [1.29, 1.82) is 5.26 Å². The second-order valence-corrected chi connectivity index (χ2v) is 5.46. The molecule has 1 aromatic heterocycles. The fraction of sp³-hybridized carbons (Fsp3) is 0.200. The van der Waals surface area contributed by atoms with Crippen LogP contribution < -0.4 is 5.56 Å². The van der Waals surface area contributed by atoms with Crippen LogP contribution >= 0.6 is 11.6 Å². The first-order chi connectivity index (χ1) is 12.3. The molecule has 0 aliphatic heterocycles. The summed E-state index contributed by atoms with van der Waals surface area (Å²) in [7, 11) is 0. The number of hydrogen-bond donors (Lipinski definition) is 2. The van der Waals surface area contributed by atoms with Crippen molar-refractivity contribution in [2.75, 3.05) is 6.61 Å². The number of nitriles is 1. The third kappa shape index (κ3) is 3.53. The zero-order valence-electron chi connectivity index (χ0n) is 13.4. The number of nitrogens with zero attached hydrogens (tertiary/aromatic N) is 5. The van der Waals surface area contributed by atoms with Gasteiger partial charge in [-0.2, -0.15) is 10.4 Å². The molecule has 2 aromatic rings. The van der Waals surface area contributed by atoms with Crippen LogP contribution in [0.1, 0.15) is 11.1 Å². The lowest BCUT2D eigenvalue weighted by Crippen LogP contribution is -2.23.